The van der Waals surface area contributed by atoms with Crippen LogP contribution in [0.5, 0.6) is 5.75 Å². The summed E-state index contributed by atoms with van der Waals surface area (Å²) in [6.45, 7) is 0. The van der Waals surface area contributed by atoms with Crippen LogP contribution in [0.2, 0.25) is 20.1 Å². The molecule has 0 fully saturated rings. The van der Waals surface area contributed by atoms with Gasteiger partial charge in [-0.05, 0) is 0 Å². The van der Waals surface area contributed by atoms with Gasteiger partial charge in [0.25, 0.3) is 0 Å². The van der Waals surface area contributed by atoms with Crippen molar-refractivity contribution in [2.45, 2.75) is 0 Å². The van der Waals surface area contributed by atoms with Crippen molar-refractivity contribution in [2.24, 2.45) is 0 Å². The monoisotopic (exact) mass is 292 g/mol. The molecule has 1 rings (SSSR count). The van der Waals surface area contributed by atoms with Gasteiger partial charge in [-0.15, -0.1) is 0 Å². The molecule has 0 spiro atoms. The van der Waals surface area contributed by atoms with E-state index in [1.165, 1.54) is 0 Å². The van der Waals surface area contributed by atoms with Crippen LogP contribution in [0.4, 0.5) is 4.39 Å². The summed E-state index contributed by atoms with van der Waals surface area (Å²) < 4.78 is 17.6. The predicted octanol–water partition coefficient (Wildman–Crippen LogP) is 2.79. The zero-order chi connectivity index (χ0) is 11.7. The Morgan fingerprint density at radius 3 is 1.87 bits per heavy atom. The molecular weight excluding hydrogens is 292 g/mol. The smallest absolute Gasteiger partial charge is 0.508 e. The second-order valence-corrected chi connectivity index (χ2v) is 3.86. The van der Waals surface area contributed by atoms with Gasteiger partial charge in [0.1, 0.15) is 10.0 Å². The molecule has 0 unspecified atom stereocenters. The molecule has 0 aromatic heterocycles. The van der Waals surface area contributed by atoms with Gasteiger partial charge in [-0.2, -0.15) is 0 Å². The van der Waals surface area contributed by atoms with E-state index in [9.17, 15) is 4.39 Å². The van der Waals surface area contributed by atoms with Crippen LogP contribution in [0.25, 0.3) is 0 Å². The molecule has 0 aliphatic heterocycles. The third kappa shape index (κ3) is 2.61. The van der Waals surface area contributed by atoms with E-state index in [-0.39, 0.29) is 10.0 Å². The van der Waals surface area contributed by atoms with Crippen LogP contribution in [0.3, 0.4) is 0 Å². The highest BCUT2D eigenvalue weighted by atomic mass is 35.5. The van der Waals surface area contributed by atoms with E-state index in [4.69, 9.17) is 56.5 Å². The lowest BCUT2D eigenvalue weighted by Gasteiger charge is -2.11. The minimum atomic E-state index is -2.25. The van der Waals surface area contributed by atoms with Crippen LogP contribution < -0.4 is 4.65 Å². The van der Waals surface area contributed by atoms with Crippen LogP contribution in [0.1, 0.15) is 0 Å². The Morgan fingerprint density at radius 1 is 0.933 bits per heavy atom. The Bertz CT molecular complexity index is 371. The van der Waals surface area contributed by atoms with Crippen LogP contribution in [-0.2, 0) is 0 Å². The molecule has 1 aromatic carbocycles. The zero-order valence-corrected chi connectivity index (χ0v) is 9.79. The molecule has 9 heteroatoms. The van der Waals surface area contributed by atoms with Crippen LogP contribution in [-0.4, -0.2) is 17.4 Å². The molecule has 1 aromatic rings. The van der Waals surface area contributed by atoms with E-state index in [1.54, 1.807) is 0 Å². The quantitative estimate of drug-likeness (QED) is 0.501. The number of rotatable bonds is 2. The van der Waals surface area contributed by atoms with Crippen molar-refractivity contribution in [1.29, 1.82) is 0 Å². The molecule has 15 heavy (non-hydrogen) atoms. The Hall–Kier alpha value is 0.0949. The minimum Gasteiger partial charge on any atom is -0.508 e. The lowest BCUT2D eigenvalue weighted by molar-refractivity contribution is 0.282. The summed E-state index contributed by atoms with van der Waals surface area (Å²) in [7, 11) is -2.25. The minimum absolute atomic E-state index is 0.236. The average molecular weight is 294 g/mol. The first-order valence-corrected chi connectivity index (χ1v) is 4.91. The normalized spacial score (nSPS) is 10.3. The molecule has 3 nitrogen and oxygen atoms in total. The second-order valence-electron chi connectivity index (χ2n) is 2.34. The Kier molecular flexibility index (Phi) is 4.34. The fraction of sp³-hybridized carbons (Fsp3) is 0. The summed E-state index contributed by atoms with van der Waals surface area (Å²) in [5.41, 5.74) is 0. The number of hydrogen-bond donors (Lipinski definition) is 2. The lowest BCUT2D eigenvalue weighted by Crippen LogP contribution is -2.21. The van der Waals surface area contributed by atoms with Gasteiger partial charge in [0, 0.05) is 0 Å². The topological polar surface area (TPSA) is 49.7 Å². The van der Waals surface area contributed by atoms with E-state index in [0.29, 0.717) is 0 Å². The zero-order valence-electron chi connectivity index (χ0n) is 6.77. The molecule has 0 radical (unpaired) electrons. The molecule has 0 bridgehead atoms. The van der Waals surface area contributed by atoms with E-state index in [0.717, 1.165) is 0 Å². The third-order valence-corrected chi connectivity index (χ3v) is 3.15. The number of hydrogen-bond acceptors (Lipinski definition) is 3. The summed E-state index contributed by atoms with van der Waals surface area (Å²) in [5, 5.41) is 15.6. The van der Waals surface area contributed by atoms with Gasteiger partial charge in [0.05, 0.1) is 10.0 Å². The first kappa shape index (κ1) is 13.2. The average Bonchev–Trinajstić information content (AvgIpc) is 2.18. The summed E-state index contributed by atoms with van der Waals surface area (Å²) in [6.07, 6.45) is 0. The van der Waals surface area contributed by atoms with Crippen molar-refractivity contribution < 1.29 is 19.1 Å². The van der Waals surface area contributed by atoms with Crippen molar-refractivity contribution in [3.8, 4) is 5.75 Å². The Morgan fingerprint density at radius 2 is 1.40 bits per heavy atom. The fourth-order valence-electron chi connectivity index (χ4n) is 0.794. The van der Waals surface area contributed by atoms with Crippen molar-refractivity contribution in [3.63, 3.8) is 0 Å². The van der Waals surface area contributed by atoms with Gasteiger partial charge in [-0.3, -0.25) is 0 Å². The van der Waals surface area contributed by atoms with Crippen molar-refractivity contribution >= 4 is 53.7 Å². The third-order valence-electron chi connectivity index (χ3n) is 1.39. The van der Waals surface area contributed by atoms with E-state index >= 15 is 0 Å². The number of benzene rings is 1. The molecule has 0 aliphatic rings. The molecule has 0 saturated heterocycles. The first-order chi connectivity index (χ1) is 6.86. The van der Waals surface area contributed by atoms with Crippen LogP contribution in [0.15, 0.2) is 0 Å². The van der Waals surface area contributed by atoms with Gasteiger partial charge in [0.2, 0.25) is 0 Å². The highest BCUT2D eigenvalue weighted by molar-refractivity contribution is 6.52. The summed E-state index contributed by atoms with van der Waals surface area (Å²) in [5.74, 6) is -1.80. The lowest BCUT2D eigenvalue weighted by atomic mass is 10.2. The molecule has 0 heterocycles. The van der Waals surface area contributed by atoms with E-state index in [2.05, 4.69) is 4.65 Å². The SMILES string of the molecule is OB(O)Oc1c(F)c(Cl)c(Cl)c(Cl)c1Cl. The van der Waals surface area contributed by atoms with Gasteiger partial charge >= 0.3 is 7.32 Å². The van der Waals surface area contributed by atoms with E-state index in [1.807, 2.05) is 0 Å². The van der Waals surface area contributed by atoms with Crippen molar-refractivity contribution in [2.75, 3.05) is 0 Å². The predicted molar refractivity (Wildman–Crippen MR) is 57.3 cm³/mol. The van der Waals surface area contributed by atoms with E-state index < -0.39 is 28.9 Å². The first-order valence-electron chi connectivity index (χ1n) is 3.40. The molecular formula is C6H2BCl4FO3. The largest absolute Gasteiger partial charge is 0.707 e. The van der Waals surface area contributed by atoms with Gasteiger partial charge in [-0.1, -0.05) is 46.4 Å². The van der Waals surface area contributed by atoms with Crippen LogP contribution >= 0.6 is 46.4 Å². The second kappa shape index (κ2) is 4.95. The van der Waals surface area contributed by atoms with Crippen molar-refractivity contribution in [1.82, 2.24) is 0 Å². The maximum atomic E-state index is 13.4. The molecule has 0 aliphatic carbocycles. The van der Waals surface area contributed by atoms with Crippen molar-refractivity contribution in [3.05, 3.63) is 25.9 Å². The molecule has 0 amide bonds. The van der Waals surface area contributed by atoms with Gasteiger partial charge in [-0.25, -0.2) is 4.39 Å². The summed E-state index contributed by atoms with van der Waals surface area (Å²) >= 11 is 22.1. The van der Waals surface area contributed by atoms with Crippen LogP contribution in [0, 0.1) is 5.82 Å². The Labute approximate surface area is 104 Å². The molecule has 82 valence electrons. The fourth-order valence-corrected chi connectivity index (χ4v) is 1.65. The number of halogens is 5. The molecule has 2 N–H and O–H groups in total. The maximum Gasteiger partial charge on any atom is 0.707 e. The summed E-state index contributed by atoms with van der Waals surface area (Å²) in [4.78, 5) is 0. The Balaban J connectivity index is 3.39. The summed E-state index contributed by atoms with van der Waals surface area (Å²) in [6, 6.07) is 0. The molecule has 0 saturated carbocycles. The highest BCUT2D eigenvalue weighted by Gasteiger charge is 2.25. The molecule has 0 atom stereocenters. The maximum absolute atomic E-state index is 13.4. The standard InChI is InChI=1S/C6H2BCl4FO3/c8-1-2(9)4(11)6(15-7(13)14)5(12)3(1)10/h13-14H. The van der Waals surface area contributed by atoms with Gasteiger partial charge < -0.3 is 14.7 Å². The highest BCUT2D eigenvalue weighted by Crippen LogP contribution is 2.44. The van der Waals surface area contributed by atoms with Gasteiger partial charge in [0.15, 0.2) is 11.6 Å².